The SMILES string of the molecule is CCCCCCCC([NH3+])CCCC.CCCCCCCC([NH3+])CCCC.O=S(=O)([O-])[O-]. The monoisotopic (exact) mass is 468 g/mol. The summed E-state index contributed by atoms with van der Waals surface area (Å²) in [5.41, 5.74) is 8.39. The lowest BCUT2D eigenvalue weighted by Gasteiger charge is -2.06. The van der Waals surface area contributed by atoms with Gasteiger partial charge in [-0.25, -0.2) is 0 Å². The number of quaternary nitrogens is 2. The fourth-order valence-corrected chi connectivity index (χ4v) is 3.35. The quantitative estimate of drug-likeness (QED) is 0.167. The summed E-state index contributed by atoms with van der Waals surface area (Å²) in [7, 11) is -5.17. The van der Waals surface area contributed by atoms with Crippen molar-refractivity contribution >= 4 is 10.4 Å². The highest BCUT2D eigenvalue weighted by atomic mass is 32.3. The van der Waals surface area contributed by atoms with Crippen LogP contribution in [0, 0.1) is 0 Å². The topological polar surface area (TPSA) is 136 Å². The summed E-state index contributed by atoms with van der Waals surface area (Å²) in [5.74, 6) is 0. The lowest BCUT2D eigenvalue weighted by atomic mass is 10.0. The molecule has 7 heteroatoms. The van der Waals surface area contributed by atoms with Gasteiger partial charge in [0.2, 0.25) is 0 Å². The van der Waals surface area contributed by atoms with Gasteiger partial charge in [-0.15, -0.1) is 0 Å². The molecule has 2 unspecified atom stereocenters. The Kier molecular flexibility index (Phi) is 31.8. The Morgan fingerprint density at radius 1 is 0.516 bits per heavy atom. The van der Waals surface area contributed by atoms with Gasteiger partial charge in [0.15, 0.2) is 0 Å². The molecule has 0 fully saturated rings. The molecule has 0 bridgehead atoms. The number of hydrogen-bond acceptors (Lipinski definition) is 4. The highest BCUT2D eigenvalue weighted by Gasteiger charge is 2.04. The van der Waals surface area contributed by atoms with Crippen molar-refractivity contribution in [2.24, 2.45) is 0 Å². The summed E-state index contributed by atoms with van der Waals surface area (Å²) in [6.45, 7) is 9.05. The molecule has 192 valence electrons. The van der Waals surface area contributed by atoms with Crippen molar-refractivity contribution in [1.29, 1.82) is 0 Å². The highest BCUT2D eigenvalue weighted by Crippen LogP contribution is 2.09. The van der Waals surface area contributed by atoms with Crippen molar-refractivity contribution in [2.45, 2.75) is 155 Å². The first-order valence-electron chi connectivity index (χ1n) is 12.9. The maximum absolute atomic E-state index is 8.52. The maximum Gasteiger partial charge on any atom is 0.0843 e. The molecule has 0 aromatic rings. The van der Waals surface area contributed by atoms with E-state index in [2.05, 4.69) is 39.2 Å². The third-order valence-corrected chi connectivity index (χ3v) is 5.36. The minimum absolute atomic E-state index is 0.724. The van der Waals surface area contributed by atoms with Crippen molar-refractivity contribution in [1.82, 2.24) is 0 Å². The van der Waals surface area contributed by atoms with Gasteiger partial charge in [0, 0.05) is 10.4 Å². The van der Waals surface area contributed by atoms with Crippen LogP contribution in [0.5, 0.6) is 0 Å². The average molecular weight is 469 g/mol. The predicted molar refractivity (Wildman–Crippen MR) is 130 cm³/mol. The Labute approximate surface area is 194 Å². The van der Waals surface area contributed by atoms with Gasteiger partial charge in [0.25, 0.3) is 0 Å². The second-order valence-electron chi connectivity index (χ2n) is 8.83. The van der Waals surface area contributed by atoms with Gasteiger partial charge in [-0.2, -0.15) is 0 Å². The summed E-state index contributed by atoms with van der Waals surface area (Å²) in [6.07, 6.45) is 24.8. The van der Waals surface area contributed by atoms with Gasteiger partial charge < -0.3 is 20.6 Å². The van der Waals surface area contributed by atoms with E-state index in [0.29, 0.717) is 0 Å². The first-order valence-corrected chi connectivity index (χ1v) is 14.3. The molecular formula is C24H56N2O4S. The standard InChI is InChI=1S/2C12H27N.H2O4S/c2*1-3-5-7-8-9-11-12(13)10-6-4-2;1-5(2,3)4/h2*12H,3-11,13H2,1-2H3;(H2,1,2,3,4). The largest absolute Gasteiger partial charge is 0.759 e. The maximum atomic E-state index is 8.52. The van der Waals surface area contributed by atoms with Crippen LogP contribution in [0.15, 0.2) is 0 Å². The van der Waals surface area contributed by atoms with E-state index in [0.717, 1.165) is 12.1 Å². The number of rotatable bonds is 18. The molecule has 0 saturated carbocycles. The summed E-state index contributed by atoms with van der Waals surface area (Å²) in [6, 6.07) is 1.45. The third-order valence-electron chi connectivity index (χ3n) is 5.36. The van der Waals surface area contributed by atoms with Crippen LogP contribution >= 0.6 is 0 Å². The van der Waals surface area contributed by atoms with Gasteiger partial charge in [-0.1, -0.05) is 91.9 Å². The van der Waals surface area contributed by atoms with Crippen LogP contribution in [0.4, 0.5) is 0 Å². The minimum Gasteiger partial charge on any atom is -0.759 e. The molecule has 0 rings (SSSR count). The van der Waals surface area contributed by atoms with Crippen molar-refractivity contribution in [3.05, 3.63) is 0 Å². The molecular weight excluding hydrogens is 412 g/mol. The Morgan fingerprint density at radius 2 is 0.742 bits per heavy atom. The van der Waals surface area contributed by atoms with Crippen LogP contribution in [-0.4, -0.2) is 29.6 Å². The Morgan fingerprint density at radius 3 is 1.00 bits per heavy atom. The van der Waals surface area contributed by atoms with Gasteiger partial charge in [-0.3, -0.25) is 8.42 Å². The minimum atomic E-state index is -5.17. The molecule has 2 atom stereocenters. The van der Waals surface area contributed by atoms with Crippen LogP contribution in [0.2, 0.25) is 0 Å². The molecule has 0 amide bonds. The van der Waals surface area contributed by atoms with Crippen LogP contribution < -0.4 is 11.5 Å². The predicted octanol–water partition coefficient (Wildman–Crippen LogP) is 4.96. The van der Waals surface area contributed by atoms with Crippen molar-refractivity contribution < 1.29 is 29.0 Å². The molecule has 0 aliphatic carbocycles. The molecule has 0 spiro atoms. The fourth-order valence-electron chi connectivity index (χ4n) is 3.35. The normalized spacial score (nSPS) is 12.9. The number of hydrogen-bond donors (Lipinski definition) is 2. The number of unbranched alkanes of at least 4 members (excludes halogenated alkanes) is 10. The molecule has 6 nitrogen and oxygen atoms in total. The zero-order valence-electron chi connectivity index (χ0n) is 21.3. The zero-order valence-corrected chi connectivity index (χ0v) is 22.2. The first kappa shape index (κ1) is 35.4. The molecule has 0 aromatic carbocycles. The molecule has 6 N–H and O–H groups in total. The molecule has 0 aromatic heterocycles. The Hall–Kier alpha value is -0.210. The lowest BCUT2D eigenvalue weighted by molar-refractivity contribution is -0.423. The molecule has 0 aliphatic rings. The van der Waals surface area contributed by atoms with Crippen molar-refractivity contribution in [3.8, 4) is 0 Å². The lowest BCUT2D eigenvalue weighted by Crippen LogP contribution is -2.60. The molecule has 0 radical (unpaired) electrons. The average Bonchev–Trinajstić information content (AvgIpc) is 2.69. The van der Waals surface area contributed by atoms with Gasteiger partial charge in [0.05, 0.1) is 12.1 Å². The second kappa shape index (κ2) is 27.8. The zero-order chi connectivity index (χ0) is 24.4. The highest BCUT2D eigenvalue weighted by molar-refractivity contribution is 7.79. The van der Waals surface area contributed by atoms with Gasteiger partial charge in [0.1, 0.15) is 0 Å². The van der Waals surface area contributed by atoms with Gasteiger partial charge in [-0.05, 0) is 51.4 Å². The Bertz CT molecular complexity index is 388. The second-order valence-corrected chi connectivity index (χ2v) is 9.65. The molecule has 0 heterocycles. The van der Waals surface area contributed by atoms with E-state index in [1.807, 2.05) is 0 Å². The Balaban J connectivity index is -0.000000416. The van der Waals surface area contributed by atoms with Crippen LogP contribution in [-0.2, 0) is 10.4 Å². The van der Waals surface area contributed by atoms with E-state index in [1.165, 1.54) is 116 Å². The van der Waals surface area contributed by atoms with E-state index in [4.69, 9.17) is 17.5 Å². The third kappa shape index (κ3) is 48.5. The van der Waals surface area contributed by atoms with Crippen molar-refractivity contribution in [2.75, 3.05) is 0 Å². The van der Waals surface area contributed by atoms with Crippen LogP contribution in [0.3, 0.4) is 0 Å². The van der Waals surface area contributed by atoms with E-state index < -0.39 is 10.4 Å². The summed E-state index contributed by atoms with van der Waals surface area (Å²) >= 11 is 0. The van der Waals surface area contributed by atoms with Crippen LogP contribution in [0.1, 0.15) is 143 Å². The molecule has 0 saturated heterocycles. The van der Waals surface area contributed by atoms with Gasteiger partial charge >= 0.3 is 0 Å². The van der Waals surface area contributed by atoms with E-state index in [-0.39, 0.29) is 0 Å². The van der Waals surface area contributed by atoms with E-state index in [9.17, 15) is 0 Å². The fraction of sp³-hybridized carbons (Fsp3) is 1.00. The van der Waals surface area contributed by atoms with E-state index in [1.54, 1.807) is 0 Å². The van der Waals surface area contributed by atoms with Crippen LogP contribution in [0.25, 0.3) is 0 Å². The van der Waals surface area contributed by atoms with E-state index >= 15 is 0 Å². The summed E-state index contributed by atoms with van der Waals surface area (Å²) in [5, 5.41) is 0. The summed E-state index contributed by atoms with van der Waals surface area (Å²) < 4.78 is 34.1. The molecule has 0 aliphatic heterocycles. The smallest absolute Gasteiger partial charge is 0.0843 e. The molecule has 31 heavy (non-hydrogen) atoms. The first-order chi connectivity index (χ1) is 14.6. The van der Waals surface area contributed by atoms with Crippen molar-refractivity contribution in [3.63, 3.8) is 0 Å². The summed E-state index contributed by atoms with van der Waals surface area (Å²) in [4.78, 5) is 0.